The Balaban J connectivity index is 1.76. The molecule has 1 atom stereocenters. The smallest absolute Gasteiger partial charge is 0.150 e. The Hall–Kier alpha value is -1.68. The fraction of sp³-hybridized carbons (Fsp3) is 0.500. The molecule has 2 heterocycles. The van der Waals surface area contributed by atoms with Gasteiger partial charge in [0.25, 0.3) is 0 Å². The van der Waals surface area contributed by atoms with Crippen LogP contribution in [-0.2, 0) is 19.4 Å². The number of fused-ring (bicyclic) bond motifs is 1. The summed E-state index contributed by atoms with van der Waals surface area (Å²) in [5.74, 6) is 2.24. The summed E-state index contributed by atoms with van der Waals surface area (Å²) < 4.78 is 2.31. The van der Waals surface area contributed by atoms with Gasteiger partial charge < -0.3 is 9.88 Å². The molecule has 1 unspecified atom stereocenters. The second kappa shape index (κ2) is 5.75. The summed E-state index contributed by atoms with van der Waals surface area (Å²) >= 11 is 0. The van der Waals surface area contributed by atoms with Crippen molar-refractivity contribution in [3.63, 3.8) is 0 Å². The number of nitrogens with one attached hydrogen (secondary N) is 1. The van der Waals surface area contributed by atoms with Crippen LogP contribution < -0.4 is 5.32 Å². The van der Waals surface area contributed by atoms with Crippen molar-refractivity contribution in [3.8, 4) is 0 Å². The summed E-state index contributed by atoms with van der Waals surface area (Å²) in [5.41, 5.74) is 2.77. The SMILES string of the molecule is CCC1NCCn2c(CCc3ccccc3C)nnc21. The predicted molar refractivity (Wildman–Crippen MR) is 79.6 cm³/mol. The zero-order chi connectivity index (χ0) is 13.9. The van der Waals surface area contributed by atoms with Crippen LogP contribution in [0.1, 0.15) is 42.2 Å². The largest absolute Gasteiger partial charge is 0.312 e. The molecule has 1 N–H and O–H groups in total. The molecular weight excluding hydrogens is 248 g/mol. The Morgan fingerprint density at radius 2 is 2.10 bits per heavy atom. The van der Waals surface area contributed by atoms with Crippen molar-refractivity contribution in [1.82, 2.24) is 20.1 Å². The third-order valence-electron chi connectivity index (χ3n) is 4.18. The van der Waals surface area contributed by atoms with Crippen LogP contribution in [0.2, 0.25) is 0 Å². The van der Waals surface area contributed by atoms with Crippen molar-refractivity contribution in [1.29, 1.82) is 0 Å². The number of hydrogen-bond donors (Lipinski definition) is 1. The highest BCUT2D eigenvalue weighted by Crippen LogP contribution is 2.20. The summed E-state index contributed by atoms with van der Waals surface area (Å²) in [6, 6.07) is 8.95. The van der Waals surface area contributed by atoms with Gasteiger partial charge in [-0.05, 0) is 30.9 Å². The minimum Gasteiger partial charge on any atom is -0.312 e. The highest BCUT2D eigenvalue weighted by Gasteiger charge is 2.23. The third-order valence-corrected chi connectivity index (χ3v) is 4.18. The number of aromatic nitrogens is 3. The van der Waals surface area contributed by atoms with Crippen LogP contribution >= 0.6 is 0 Å². The molecule has 0 radical (unpaired) electrons. The number of aryl methyl sites for hydroxylation is 3. The monoisotopic (exact) mass is 270 g/mol. The zero-order valence-corrected chi connectivity index (χ0v) is 12.3. The van der Waals surface area contributed by atoms with Crippen molar-refractivity contribution in [3.05, 3.63) is 47.0 Å². The highest BCUT2D eigenvalue weighted by molar-refractivity contribution is 5.26. The van der Waals surface area contributed by atoms with E-state index < -0.39 is 0 Å². The number of nitrogens with zero attached hydrogens (tertiary/aromatic N) is 3. The molecule has 1 aliphatic heterocycles. The normalized spacial score (nSPS) is 18.0. The van der Waals surface area contributed by atoms with Crippen LogP contribution in [0, 0.1) is 6.92 Å². The number of hydrogen-bond acceptors (Lipinski definition) is 3. The molecule has 1 aromatic carbocycles. The molecule has 4 nitrogen and oxygen atoms in total. The van der Waals surface area contributed by atoms with Gasteiger partial charge in [-0.15, -0.1) is 10.2 Å². The molecule has 0 amide bonds. The fourth-order valence-corrected chi connectivity index (χ4v) is 2.94. The molecule has 1 aliphatic rings. The Labute approximate surface area is 120 Å². The number of benzene rings is 1. The first-order chi connectivity index (χ1) is 9.79. The molecule has 0 bridgehead atoms. The van der Waals surface area contributed by atoms with E-state index in [-0.39, 0.29) is 0 Å². The molecule has 0 saturated carbocycles. The molecule has 20 heavy (non-hydrogen) atoms. The van der Waals surface area contributed by atoms with E-state index in [0.717, 1.165) is 44.0 Å². The lowest BCUT2D eigenvalue weighted by Gasteiger charge is -2.24. The lowest BCUT2D eigenvalue weighted by atomic mass is 10.0. The summed E-state index contributed by atoms with van der Waals surface area (Å²) in [5, 5.41) is 12.3. The van der Waals surface area contributed by atoms with Crippen LogP contribution in [0.25, 0.3) is 0 Å². The van der Waals surface area contributed by atoms with Gasteiger partial charge in [-0.25, -0.2) is 0 Å². The van der Waals surface area contributed by atoms with Crippen LogP contribution in [0.15, 0.2) is 24.3 Å². The van der Waals surface area contributed by atoms with E-state index in [1.165, 1.54) is 11.1 Å². The second-order valence-electron chi connectivity index (χ2n) is 5.47. The third kappa shape index (κ3) is 2.48. The van der Waals surface area contributed by atoms with Gasteiger partial charge in [0.05, 0.1) is 6.04 Å². The van der Waals surface area contributed by atoms with Crippen LogP contribution in [0.3, 0.4) is 0 Å². The Bertz CT molecular complexity index is 588. The highest BCUT2D eigenvalue weighted by atomic mass is 15.3. The Morgan fingerprint density at radius 3 is 2.90 bits per heavy atom. The van der Waals surface area contributed by atoms with E-state index in [4.69, 9.17) is 0 Å². The first-order valence-electron chi connectivity index (χ1n) is 7.49. The molecule has 0 fully saturated rings. The maximum Gasteiger partial charge on any atom is 0.150 e. The van der Waals surface area contributed by atoms with Crippen molar-refractivity contribution in [2.75, 3.05) is 6.54 Å². The average Bonchev–Trinajstić information content (AvgIpc) is 2.89. The predicted octanol–water partition coefficient (Wildman–Crippen LogP) is 2.43. The molecule has 0 aliphatic carbocycles. The van der Waals surface area contributed by atoms with E-state index in [9.17, 15) is 0 Å². The van der Waals surface area contributed by atoms with E-state index in [1.807, 2.05) is 0 Å². The average molecular weight is 270 g/mol. The Kier molecular flexibility index (Phi) is 3.83. The van der Waals surface area contributed by atoms with E-state index in [0.29, 0.717) is 6.04 Å². The van der Waals surface area contributed by atoms with Gasteiger partial charge in [0.15, 0.2) is 0 Å². The van der Waals surface area contributed by atoms with Gasteiger partial charge in [-0.2, -0.15) is 0 Å². The molecule has 1 aromatic heterocycles. The van der Waals surface area contributed by atoms with Crippen LogP contribution in [0.5, 0.6) is 0 Å². The molecular formula is C16H22N4. The summed E-state index contributed by atoms with van der Waals surface area (Å²) in [6.07, 6.45) is 3.07. The molecule has 0 saturated heterocycles. The fourth-order valence-electron chi connectivity index (χ4n) is 2.94. The number of rotatable bonds is 4. The van der Waals surface area contributed by atoms with Crippen molar-refractivity contribution in [2.45, 2.75) is 45.7 Å². The summed E-state index contributed by atoms with van der Waals surface area (Å²) in [6.45, 7) is 6.36. The topological polar surface area (TPSA) is 42.7 Å². The minimum atomic E-state index is 0.364. The lowest BCUT2D eigenvalue weighted by Crippen LogP contribution is -2.34. The first kappa shape index (κ1) is 13.3. The Morgan fingerprint density at radius 1 is 1.25 bits per heavy atom. The first-order valence-corrected chi connectivity index (χ1v) is 7.49. The van der Waals surface area contributed by atoms with Crippen molar-refractivity contribution in [2.24, 2.45) is 0 Å². The summed E-state index contributed by atoms with van der Waals surface area (Å²) in [7, 11) is 0. The zero-order valence-electron chi connectivity index (χ0n) is 12.3. The van der Waals surface area contributed by atoms with Gasteiger partial charge in [0.2, 0.25) is 0 Å². The van der Waals surface area contributed by atoms with Gasteiger partial charge in [0, 0.05) is 19.5 Å². The quantitative estimate of drug-likeness (QED) is 0.928. The standard InChI is InChI=1S/C16H22N4/c1-3-14-16-19-18-15(20(16)11-10-17-14)9-8-13-7-5-4-6-12(13)2/h4-7,14,17H,3,8-11H2,1-2H3. The van der Waals surface area contributed by atoms with Crippen molar-refractivity contribution >= 4 is 0 Å². The van der Waals surface area contributed by atoms with Gasteiger partial charge in [0.1, 0.15) is 11.6 Å². The van der Waals surface area contributed by atoms with Gasteiger partial charge >= 0.3 is 0 Å². The van der Waals surface area contributed by atoms with E-state index in [2.05, 4.69) is 58.2 Å². The molecule has 106 valence electrons. The molecule has 0 spiro atoms. The van der Waals surface area contributed by atoms with Crippen LogP contribution in [0.4, 0.5) is 0 Å². The molecule has 3 rings (SSSR count). The summed E-state index contributed by atoms with van der Waals surface area (Å²) in [4.78, 5) is 0. The lowest BCUT2D eigenvalue weighted by molar-refractivity contribution is 0.400. The second-order valence-corrected chi connectivity index (χ2v) is 5.47. The maximum atomic E-state index is 4.41. The van der Waals surface area contributed by atoms with Gasteiger partial charge in [-0.1, -0.05) is 31.2 Å². The molecule has 2 aromatic rings. The van der Waals surface area contributed by atoms with E-state index >= 15 is 0 Å². The van der Waals surface area contributed by atoms with Crippen LogP contribution in [-0.4, -0.2) is 21.3 Å². The van der Waals surface area contributed by atoms with Crippen molar-refractivity contribution < 1.29 is 0 Å². The van der Waals surface area contributed by atoms with Gasteiger partial charge in [-0.3, -0.25) is 0 Å². The molecule has 4 heteroatoms. The maximum absolute atomic E-state index is 4.41. The minimum absolute atomic E-state index is 0.364. The van der Waals surface area contributed by atoms with E-state index in [1.54, 1.807) is 0 Å².